The number of rotatable bonds is 5. The second kappa shape index (κ2) is 6.99. The molecule has 0 unspecified atom stereocenters. The van der Waals surface area contributed by atoms with Crippen LogP contribution in [-0.2, 0) is 13.1 Å². The van der Waals surface area contributed by atoms with Gasteiger partial charge >= 0.3 is 0 Å². The maximum Gasteiger partial charge on any atom is 0.266 e. The summed E-state index contributed by atoms with van der Waals surface area (Å²) < 4.78 is 28.5. The fourth-order valence-electron chi connectivity index (χ4n) is 5.17. The molecule has 3 heterocycles. The van der Waals surface area contributed by atoms with Gasteiger partial charge in [-0.05, 0) is 62.3 Å². The molecule has 2 bridgehead atoms. The molecule has 5 nitrogen and oxygen atoms in total. The van der Waals surface area contributed by atoms with Gasteiger partial charge < -0.3 is 5.11 Å². The Bertz CT molecular complexity index is 954. The molecular weight excluding hydrogens is 376 g/mol. The Balaban J connectivity index is 1.32. The molecule has 2 aliphatic heterocycles. The van der Waals surface area contributed by atoms with Gasteiger partial charge in [0.1, 0.15) is 11.6 Å². The van der Waals surface area contributed by atoms with Crippen LogP contribution in [0.4, 0.5) is 8.78 Å². The minimum atomic E-state index is -0.992. The van der Waals surface area contributed by atoms with Crippen LogP contribution in [0.1, 0.15) is 55.7 Å². The molecule has 1 N–H and O–H groups in total. The van der Waals surface area contributed by atoms with E-state index in [0.717, 1.165) is 37.4 Å². The zero-order chi connectivity index (χ0) is 20.2. The Labute approximate surface area is 168 Å². The minimum absolute atomic E-state index is 0.132. The summed E-state index contributed by atoms with van der Waals surface area (Å²) in [4.78, 5) is 14.5. The molecule has 1 aromatic carbocycles. The molecule has 1 aliphatic carbocycles. The third-order valence-electron chi connectivity index (χ3n) is 6.62. The van der Waals surface area contributed by atoms with Crippen molar-refractivity contribution in [1.82, 2.24) is 14.7 Å². The number of aromatic nitrogens is 2. The van der Waals surface area contributed by atoms with Gasteiger partial charge in [0.15, 0.2) is 0 Å². The maximum atomic E-state index is 13.6. The minimum Gasteiger partial charge on any atom is -0.388 e. The van der Waals surface area contributed by atoms with E-state index in [4.69, 9.17) is 0 Å². The number of benzene rings is 1. The molecule has 3 fully saturated rings. The lowest BCUT2D eigenvalue weighted by Crippen LogP contribution is -2.53. The van der Waals surface area contributed by atoms with E-state index >= 15 is 0 Å². The van der Waals surface area contributed by atoms with Crippen LogP contribution in [0.2, 0.25) is 0 Å². The zero-order valence-electron chi connectivity index (χ0n) is 16.2. The van der Waals surface area contributed by atoms with Crippen molar-refractivity contribution >= 4 is 0 Å². The lowest BCUT2D eigenvalue weighted by Gasteiger charge is -2.43. The van der Waals surface area contributed by atoms with E-state index in [2.05, 4.69) is 10.00 Å². The Kier molecular flexibility index (Phi) is 4.55. The second-order valence-corrected chi connectivity index (χ2v) is 9.00. The first-order chi connectivity index (χ1) is 13.9. The summed E-state index contributed by atoms with van der Waals surface area (Å²) in [6.45, 7) is 0.664. The van der Waals surface area contributed by atoms with Crippen molar-refractivity contribution in [2.24, 2.45) is 0 Å². The van der Waals surface area contributed by atoms with Crippen LogP contribution in [0, 0.1) is 11.6 Å². The van der Waals surface area contributed by atoms with E-state index in [1.165, 1.54) is 16.8 Å². The average Bonchev–Trinajstić information content (AvgIpc) is 3.45. The number of halogens is 2. The number of fused-ring (bicyclic) bond motifs is 2. The second-order valence-electron chi connectivity index (χ2n) is 9.00. The highest BCUT2D eigenvalue weighted by atomic mass is 19.1. The SMILES string of the molecule is O=c1ccc(C2CC2)nn1CC1(O)C[C@H]2CC[C@H](C1)N2Cc1cc(F)cc(F)c1. The molecule has 2 aromatic rings. The van der Waals surface area contributed by atoms with Crippen molar-refractivity contribution in [3.63, 3.8) is 0 Å². The van der Waals surface area contributed by atoms with Crippen molar-refractivity contribution < 1.29 is 13.9 Å². The molecule has 1 saturated carbocycles. The fraction of sp³-hybridized carbons (Fsp3) is 0.545. The molecule has 7 heteroatoms. The average molecular weight is 401 g/mol. The van der Waals surface area contributed by atoms with Gasteiger partial charge in [-0.2, -0.15) is 5.10 Å². The monoisotopic (exact) mass is 401 g/mol. The highest BCUT2D eigenvalue weighted by Gasteiger charge is 2.47. The van der Waals surface area contributed by atoms with Crippen LogP contribution in [0.3, 0.4) is 0 Å². The van der Waals surface area contributed by atoms with E-state index < -0.39 is 17.2 Å². The Morgan fingerprint density at radius 3 is 2.31 bits per heavy atom. The smallest absolute Gasteiger partial charge is 0.266 e. The molecular formula is C22H25F2N3O2. The summed E-state index contributed by atoms with van der Waals surface area (Å²) in [5, 5.41) is 15.8. The standard InChI is InChI=1S/C22H25F2N3O2/c23-16-7-14(8-17(24)9-16)12-26-18-3-4-19(26)11-22(29,10-18)13-27-21(28)6-5-20(25-27)15-1-2-15/h5-9,15,18-19,29H,1-4,10-13H2/t18-,19-/m1/s1. The van der Waals surface area contributed by atoms with Crippen molar-refractivity contribution in [1.29, 1.82) is 0 Å². The summed E-state index contributed by atoms with van der Waals surface area (Å²) in [6, 6.07) is 7.23. The quantitative estimate of drug-likeness (QED) is 0.837. The van der Waals surface area contributed by atoms with Crippen LogP contribution in [0.15, 0.2) is 35.1 Å². The molecule has 2 saturated heterocycles. The van der Waals surface area contributed by atoms with Gasteiger partial charge in [-0.1, -0.05) is 0 Å². The van der Waals surface area contributed by atoms with Gasteiger partial charge in [0.05, 0.1) is 17.8 Å². The highest BCUT2D eigenvalue weighted by molar-refractivity contribution is 5.19. The first-order valence-corrected chi connectivity index (χ1v) is 10.4. The van der Waals surface area contributed by atoms with Gasteiger partial charge in [-0.25, -0.2) is 13.5 Å². The largest absolute Gasteiger partial charge is 0.388 e. The summed E-state index contributed by atoms with van der Waals surface area (Å²) in [7, 11) is 0. The van der Waals surface area contributed by atoms with Gasteiger partial charge in [0.25, 0.3) is 5.56 Å². The highest BCUT2D eigenvalue weighted by Crippen LogP contribution is 2.42. The lowest BCUT2D eigenvalue weighted by atomic mass is 9.85. The third kappa shape index (κ3) is 3.85. The van der Waals surface area contributed by atoms with Crippen molar-refractivity contribution in [3.05, 3.63) is 63.6 Å². The number of hydrogen-bond acceptors (Lipinski definition) is 4. The van der Waals surface area contributed by atoms with Crippen LogP contribution in [0.5, 0.6) is 0 Å². The summed E-state index contributed by atoms with van der Waals surface area (Å²) in [5.74, 6) is -0.690. The molecule has 2 atom stereocenters. The van der Waals surface area contributed by atoms with Crippen LogP contribution < -0.4 is 5.56 Å². The molecule has 3 aliphatic rings. The topological polar surface area (TPSA) is 58.4 Å². The Morgan fingerprint density at radius 2 is 1.69 bits per heavy atom. The molecule has 5 rings (SSSR count). The maximum absolute atomic E-state index is 13.6. The molecule has 0 radical (unpaired) electrons. The van der Waals surface area contributed by atoms with E-state index in [-0.39, 0.29) is 24.2 Å². The molecule has 29 heavy (non-hydrogen) atoms. The van der Waals surface area contributed by atoms with E-state index in [1.807, 2.05) is 0 Å². The Morgan fingerprint density at radius 1 is 1.03 bits per heavy atom. The van der Waals surface area contributed by atoms with Crippen LogP contribution in [0.25, 0.3) is 0 Å². The molecule has 154 valence electrons. The van der Waals surface area contributed by atoms with Gasteiger partial charge in [-0.3, -0.25) is 9.69 Å². The van der Waals surface area contributed by atoms with Crippen LogP contribution in [-0.4, -0.2) is 37.5 Å². The number of nitrogens with zero attached hydrogens (tertiary/aromatic N) is 3. The van der Waals surface area contributed by atoms with Crippen LogP contribution >= 0.6 is 0 Å². The first kappa shape index (κ1) is 18.9. The van der Waals surface area contributed by atoms with E-state index in [9.17, 15) is 18.7 Å². The summed E-state index contributed by atoms with van der Waals surface area (Å²) in [5.41, 5.74) is 0.364. The normalized spacial score (nSPS) is 29.3. The zero-order valence-corrected chi connectivity index (χ0v) is 16.2. The predicted molar refractivity (Wildman–Crippen MR) is 103 cm³/mol. The number of hydrogen-bond donors (Lipinski definition) is 1. The molecule has 0 amide bonds. The van der Waals surface area contributed by atoms with Gasteiger partial charge in [-0.15, -0.1) is 0 Å². The number of piperidine rings is 1. The summed E-state index contributed by atoms with van der Waals surface area (Å²) >= 11 is 0. The Hall–Kier alpha value is -2.12. The number of aliphatic hydroxyl groups is 1. The predicted octanol–water partition coefficient (Wildman–Crippen LogP) is 2.96. The molecule has 1 aromatic heterocycles. The van der Waals surface area contributed by atoms with Crippen molar-refractivity contribution in [2.75, 3.05) is 0 Å². The first-order valence-electron chi connectivity index (χ1n) is 10.4. The van der Waals surface area contributed by atoms with E-state index in [1.54, 1.807) is 12.1 Å². The fourth-order valence-corrected chi connectivity index (χ4v) is 5.17. The van der Waals surface area contributed by atoms with Crippen molar-refractivity contribution in [3.8, 4) is 0 Å². The third-order valence-corrected chi connectivity index (χ3v) is 6.62. The molecule has 0 spiro atoms. The summed E-state index contributed by atoms with van der Waals surface area (Å²) in [6.07, 6.45) is 5.15. The lowest BCUT2D eigenvalue weighted by molar-refractivity contribution is -0.0678. The van der Waals surface area contributed by atoms with Crippen molar-refractivity contribution in [2.45, 2.75) is 75.2 Å². The van der Waals surface area contributed by atoms with Gasteiger partial charge in [0.2, 0.25) is 0 Å². The van der Waals surface area contributed by atoms with Gasteiger partial charge in [0, 0.05) is 36.7 Å². The van der Waals surface area contributed by atoms with E-state index in [0.29, 0.717) is 30.9 Å².